The molecular weight excluding hydrogens is 509 g/mol. The maximum Gasteiger partial charge on any atom is 0.0894 e. The summed E-state index contributed by atoms with van der Waals surface area (Å²) in [7, 11) is 0. The van der Waals surface area contributed by atoms with Gasteiger partial charge in [-0.15, -0.1) is 12.8 Å². The van der Waals surface area contributed by atoms with Gasteiger partial charge in [0.15, 0.2) is 0 Å². The number of hydrogen-bond donors (Lipinski definition) is 0. The third-order valence-corrected chi connectivity index (χ3v) is 14.3. The number of pyridine rings is 3. The van der Waals surface area contributed by atoms with E-state index in [4.69, 9.17) is 0 Å². The molecule has 0 bridgehead atoms. The number of aromatic nitrogens is 3. The Kier molecular flexibility index (Phi) is 16.9. The molecule has 3 nitrogen and oxygen atoms in total. The number of terminal acetylenes is 1. The fourth-order valence-electron chi connectivity index (χ4n) is 3.40. The first-order valence-electron chi connectivity index (χ1n) is 12.2. The van der Waals surface area contributed by atoms with Crippen LogP contribution in [0.25, 0.3) is 22.8 Å². The van der Waals surface area contributed by atoms with Crippen molar-refractivity contribution in [1.82, 2.24) is 15.0 Å². The van der Waals surface area contributed by atoms with Crippen LogP contribution in [-0.2, 0) is 0 Å². The molecule has 0 unspecified atom stereocenters. The van der Waals surface area contributed by atoms with Gasteiger partial charge in [-0.2, -0.15) is 0 Å². The second-order valence-corrected chi connectivity index (χ2v) is 16.5. The third kappa shape index (κ3) is 12.0. The quantitative estimate of drug-likeness (QED) is 0.178. The van der Waals surface area contributed by atoms with Gasteiger partial charge < -0.3 is 0 Å². The minimum Gasteiger partial charge on any atom is -0.255 e. The summed E-state index contributed by atoms with van der Waals surface area (Å²) in [6, 6.07) is 17.5. The van der Waals surface area contributed by atoms with Crippen molar-refractivity contribution >= 4 is 19.8 Å². The molecule has 0 fully saturated rings. The van der Waals surface area contributed by atoms with Crippen LogP contribution in [0.4, 0.5) is 0 Å². The molecule has 0 aliphatic heterocycles. The molecule has 0 saturated heterocycles. The molecule has 3 aromatic heterocycles. The van der Waals surface area contributed by atoms with Gasteiger partial charge >= 0.3 is 92.4 Å². The first-order valence-corrected chi connectivity index (χ1v) is 18.3. The molecule has 33 heavy (non-hydrogen) atoms. The van der Waals surface area contributed by atoms with Crippen LogP contribution >= 0.6 is 0 Å². The van der Waals surface area contributed by atoms with Gasteiger partial charge in [0.25, 0.3) is 0 Å². The molecule has 4 heteroatoms. The smallest absolute Gasteiger partial charge is 0.0894 e. The van der Waals surface area contributed by atoms with Gasteiger partial charge in [0.05, 0.1) is 22.8 Å². The van der Waals surface area contributed by atoms with Crippen molar-refractivity contribution in [2.45, 2.75) is 72.6 Å². The van der Waals surface area contributed by atoms with Crippen molar-refractivity contribution in [2.75, 3.05) is 0 Å². The van der Waals surface area contributed by atoms with E-state index in [0.717, 1.165) is 22.8 Å². The van der Waals surface area contributed by atoms with Crippen LogP contribution in [0, 0.1) is 12.8 Å². The van der Waals surface area contributed by atoms with Crippen molar-refractivity contribution < 1.29 is 0 Å². The fraction of sp³-hybridized carbons (Fsp3) is 0.414. The summed E-state index contributed by atoms with van der Waals surface area (Å²) in [6.45, 7) is 7.00. The Morgan fingerprint density at radius 2 is 0.970 bits per heavy atom. The molecule has 0 aliphatic carbocycles. The van der Waals surface area contributed by atoms with Gasteiger partial charge in [-0.3, -0.25) is 9.97 Å². The molecule has 0 spiro atoms. The van der Waals surface area contributed by atoms with Crippen molar-refractivity contribution in [3.05, 3.63) is 67.0 Å². The van der Waals surface area contributed by atoms with Gasteiger partial charge in [0.2, 0.25) is 0 Å². The topological polar surface area (TPSA) is 38.7 Å². The van der Waals surface area contributed by atoms with Crippen molar-refractivity contribution in [2.24, 2.45) is 0 Å². The Balaban J connectivity index is 0.000000324. The van der Waals surface area contributed by atoms with Crippen LogP contribution in [0.3, 0.4) is 0 Å². The molecule has 0 aliphatic rings. The molecule has 0 saturated carbocycles. The Bertz CT molecular complexity index is 792. The number of rotatable bonds is 11. The van der Waals surface area contributed by atoms with Crippen LogP contribution < -0.4 is 0 Å². The molecule has 3 aromatic rings. The van der Waals surface area contributed by atoms with Crippen molar-refractivity contribution in [3.63, 3.8) is 0 Å². The van der Waals surface area contributed by atoms with Crippen LogP contribution in [0.15, 0.2) is 67.0 Å². The Hall–Kier alpha value is -2.19. The second-order valence-electron chi connectivity index (χ2n) is 7.90. The Labute approximate surface area is 209 Å². The molecule has 0 amide bonds. The van der Waals surface area contributed by atoms with E-state index in [2.05, 4.69) is 48.6 Å². The predicted molar refractivity (Wildman–Crippen MR) is 145 cm³/mol. The number of nitrogens with zero attached hydrogens (tertiary/aromatic N) is 3. The van der Waals surface area contributed by atoms with Gasteiger partial charge in [-0.05, 0) is 36.4 Å². The van der Waals surface area contributed by atoms with E-state index in [9.17, 15) is 0 Å². The monoisotopic (exact) mass is 550 g/mol. The van der Waals surface area contributed by atoms with Crippen LogP contribution in [-0.4, -0.2) is 34.7 Å². The van der Waals surface area contributed by atoms with E-state index >= 15 is 0 Å². The summed E-state index contributed by atoms with van der Waals surface area (Å²) in [6.07, 6.45) is 20.4. The summed E-state index contributed by atoms with van der Waals surface area (Å²) in [5, 5.41) is 0. The minimum absolute atomic E-state index is 0.839. The van der Waals surface area contributed by atoms with Gasteiger partial charge in [0, 0.05) is 12.4 Å². The molecule has 3 rings (SSSR count). The van der Waals surface area contributed by atoms with E-state index in [1.807, 2.05) is 54.6 Å². The van der Waals surface area contributed by atoms with E-state index in [-0.39, 0.29) is 0 Å². The van der Waals surface area contributed by atoms with Gasteiger partial charge in [0.1, 0.15) is 0 Å². The maximum absolute atomic E-state index is 4.59. The largest absolute Gasteiger partial charge is 0.255 e. The summed E-state index contributed by atoms with van der Waals surface area (Å²) >= 11 is -0.839. The molecule has 3 heterocycles. The summed E-state index contributed by atoms with van der Waals surface area (Å²) < 4.78 is 5.04. The van der Waals surface area contributed by atoms with Crippen molar-refractivity contribution in [3.8, 4) is 35.6 Å². The van der Waals surface area contributed by atoms with E-state index in [1.165, 1.54) is 38.5 Å². The zero-order valence-electron chi connectivity index (χ0n) is 20.7. The molecule has 175 valence electrons. The van der Waals surface area contributed by atoms with Crippen LogP contribution in [0.1, 0.15) is 59.3 Å². The first-order chi connectivity index (χ1) is 16.3. The second kappa shape index (κ2) is 19.3. The zero-order valence-corrected chi connectivity index (χ0v) is 23.6. The van der Waals surface area contributed by atoms with Crippen molar-refractivity contribution in [1.29, 1.82) is 0 Å². The van der Waals surface area contributed by atoms with Crippen LogP contribution in [0.2, 0.25) is 13.3 Å². The average Bonchev–Trinajstić information content (AvgIpc) is 2.91. The maximum atomic E-state index is 4.59. The summed E-state index contributed by atoms with van der Waals surface area (Å²) in [5.74, 6) is 0. The fourth-order valence-corrected chi connectivity index (χ4v) is 12.9. The Morgan fingerprint density at radius 3 is 1.30 bits per heavy atom. The SMILES string of the molecule is C#C.CCC[CH2][Sn]([CH2]CCC)[CH2]CCC.c1ccc(-c2cccc(-c3ccccn3)n2)nc1. The van der Waals surface area contributed by atoms with Crippen LogP contribution in [0.5, 0.6) is 0 Å². The summed E-state index contributed by atoms with van der Waals surface area (Å²) in [5.41, 5.74) is 3.46. The first kappa shape index (κ1) is 28.8. The van der Waals surface area contributed by atoms with E-state index < -0.39 is 19.8 Å². The van der Waals surface area contributed by atoms with Gasteiger partial charge in [-0.25, -0.2) is 4.98 Å². The Morgan fingerprint density at radius 1 is 0.576 bits per heavy atom. The van der Waals surface area contributed by atoms with E-state index in [0.29, 0.717) is 0 Å². The molecule has 0 aromatic carbocycles. The molecular formula is C29H40N3Sn. The normalized spacial score (nSPS) is 10.0. The molecule has 0 atom stereocenters. The number of unbranched alkanes of at least 4 members (excludes halogenated alkanes) is 3. The average molecular weight is 549 g/mol. The molecule has 0 N–H and O–H groups in total. The third-order valence-electron chi connectivity index (χ3n) is 5.26. The molecule has 1 radical (unpaired) electrons. The standard InChI is InChI=1S/C15H11N3.3C4H9.C2H2.Sn/c1-3-10-16-12(6-1)14-8-5-9-15(18-14)13-7-2-4-11-17-13;3*1-3-4-2;1-2;/h1-11H;3*1,3-4H2,2H3;1-2H;. The van der Waals surface area contributed by atoms with Gasteiger partial charge in [-0.1, -0.05) is 18.2 Å². The minimum atomic E-state index is -0.839. The summed E-state index contributed by atoms with van der Waals surface area (Å²) in [4.78, 5) is 13.2. The van der Waals surface area contributed by atoms with E-state index in [1.54, 1.807) is 25.7 Å². The predicted octanol–water partition coefficient (Wildman–Crippen LogP) is 8.34. The number of hydrogen-bond acceptors (Lipinski definition) is 3. The zero-order chi connectivity index (χ0) is 24.2.